The van der Waals surface area contributed by atoms with Crippen LogP contribution < -0.4 is 5.43 Å². The van der Waals surface area contributed by atoms with Crippen molar-refractivity contribution in [2.75, 3.05) is 0 Å². The van der Waals surface area contributed by atoms with Gasteiger partial charge in [-0.1, -0.05) is 20.8 Å². The number of fused-ring (bicyclic) bond motifs is 1. The summed E-state index contributed by atoms with van der Waals surface area (Å²) in [6, 6.07) is 5.34. The molecule has 0 spiro atoms. The Hall–Kier alpha value is -1.64. The van der Waals surface area contributed by atoms with E-state index in [-0.39, 0.29) is 10.8 Å². The second kappa shape index (κ2) is 3.44. The lowest BCUT2D eigenvalue weighted by molar-refractivity contribution is 0.570. The van der Waals surface area contributed by atoms with Gasteiger partial charge in [0, 0.05) is 22.9 Å². The minimum absolute atomic E-state index is 0.0335. The highest BCUT2D eigenvalue weighted by Gasteiger charge is 2.16. The number of aryl methyl sites for hydroxylation is 1. The summed E-state index contributed by atoms with van der Waals surface area (Å²) in [5.74, 6) is 0. The maximum absolute atomic E-state index is 11.9. The molecule has 0 unspecified atom stereocenters. The molecule has 0 aliphatic carbocycles. The quantitative estimate of drug-likeness (QED) is 0.735. The highest BCUT2D eigenvalue weighted by molar-refractivity contribution is 5.74. The molecule has 0 saturated heterocycles. The van der Waals surface area contributed by atoms with Gasteiger partial charge in [-0.15, -0.1) is 0 Å². The SMILES string of the molecule is Cc1ccc2c(=O)cc(C(C)(C)C)[nH]c2n1. The third-order valence-electron chi connectivity index (χ3n) is 2.64. The van der Waals surface area contributed by atoms with Crippen LogP contribution in [-0.4, -0.2) is 9.97 Å². The number of pyridine rings is 2. The van der Waals surface area contributed by atoms with E-state index in [0.29, 0.717) is 11.0 Å². The van der Waals surface area contributed by atoms with Gasteiger partial charge in [-0.2, -0.15) is 0 Å². The third kappa shape index (κ3) is 1.85. The van der Waals surface area contributed by atoms with E-state index < -0.39 is 0 Å². The number of H-pyrrole nitrogens is 1. The van der Waals surface area contributed by atoms with Crippen LogP contribution in [0.2, 0.25) is 0 Å². The topological polar surface area (TPSA) is 45.8 Å². The summed E-state index contributed by atoms with van der Waals surface area (Å²) in [7, 11) is 0. The molecule has 0 aromatic carbocycles. The highest BCUT2D eigenvalue weighted by Crippen LogP contribution is 2.20. The van der Waals surface area contributed by atoms with Crippen molar-refractivity contribution in [2.24, 2.45) is 0 Å². The van der Waals surface area contributed by atoms with E-state index in [1.165, 1.54) is 0 Å². The molecule has 0 amide bonds. The zero-order valence-corrected chi connectivity index (χ0v) is 10.1. The maximum Gasteiger partial charge on any atom is 0.191 e. The molecule has 0 bridgehead atoms. The summed E-state index contributed by atoms with van der Waals surface area (Å²) in [5, 5.41) is 0.651. The molecular weight excluding hydrogens is 200 g/mol. The predicted octanol–water partition coefficient (Wildman–Crippen LogP) is 2.53. The fourth-order valence-corrected chi connectivity index (χ4v) is 1.63. The first kappa shape index (κ1) is 10.9. The maximum atomic E-state index is 11.9. The Bertz CT molecular complexity index is 591. The number of nitrogens with zero attached hydrogens (tertiary/aromatic N) is 1. The molecule has 16 heavy (non-hydrogen) atoms. The molecule has 2 heterocycles. The zero-order valence-electron chi connectivity index (χ0n) is 10.1. The van der Waals surface area contributed by atoms with Crippen molar-refractivity contribution in [3.63, 3.8) is 0 Å². The number of nitrogens with one attached hydrogen (secondary N) is 1. The lowest BCUT2D eigenvalue weighted by Crippen LogP contribution is -2.18. The average molecular weight is 216 g/mol. The van der Waals surface area contributed by atoms with E-state index in [4.69, 9.17) is 0 Å². The van der Waals surface area contributed by atoms with E-state index >= 15 is 0 Å². The molecule has 0 saturated carbocycles. The number of hydrogen-bond acceptors (Lipinski definition) is 2. The van der Waals surface area contributed by atoms with Crippen LogP contribution in [0.25, 0.3) is 11.0 Å². The van der Waals surface area contributed by atoms with Crippen LogP contribution in [0.3, 0.4) is 0 Å². The minimum Gasteiger partial charge on any atom is -0.343 e. The molecule has 0 aliphatic rings. The van der Waals surface area contributed by atoms with Gasteiger partial charge in [0.15, 0.2) is 5.43 Å². The van der Waals surface area contributed by atoms with Crippen LogP contribution in [0.5, 0.6) is 0 Å². The van der Waals surface area contributed by atoms with E-state index in [0.717, 1.165) is 11.4 Å². The van der Waals surface area contributed by atoms with Crippen molar-refractivity contribution in [2.45, 2.75) is 33.1 Å². The lowest BCUT2D eigenvalue weighted by Gasteiger charge is -2.18. The Morgan fingerprint density at radius 3 is 2.56 bits per heavy atom. The van der Waals surface area contributed by atoms with Gasteiger partial charge in [-0.3, -0.25) is 4.79 Å². The molecule has 84 valence electrons. The second-order valence-electron chi connectivity index (χ2n) is 5.15. The van der Waals surface area contributed by atoms with E-state index in [1.807, 2.05) is 19.1 Å². The number of hydrogen-bond donors (Lipinski definition) is 1. The fraction of sp³-hybridized carbons (Fsp3) is 0.385. The molecule has 3 heteroatoms. The van der Waals surface area contributed by atoms with Gasteiger partial charge < -0.3 is 4.98 Å². The van der Waals surface area contributed by atoms with Crippen molar-refractivity contribution < 1.29 is 0 Å². The van der Waals surface area contributed by atoms with Gasteiger partial charge >= 0.3 is 0 Å². The van der Waals surface area contributed by atoms with Crippen molar-refractivity contribution >= 4 is 11.0 Å². The molecular formula is C13H16N2O. The molecule has 0 atom stereocenters. The predicted molar refractivity (Wildman–Crippen MR) is 65.8 cm³/mol. The highest BCUT2D eigenvalue weighted by atomic mass is 16.1. The van der Waals surface area contributed by atoms with Gasteiger partial charge in [0.05, 0.1) is 5.39 Å². The summed E-state index contributed by atoms with van der Waals surface area (Å²) < 4.78 is 0. The molecule has 1 N–H and O–H groups in total. The van der Waals surface area contributed by atoms with Crippen LogP contribution in [0.15, 0.2) is 23.0 Å². The third-order valence-corrected chi connectivity index (χ3v) is 2.64. The Kier molecular flexibility index (Phi) is 2.34. The van der Waals surface area contributed by atoms with Crippen LogP contribution >= 0.6 is 0 Å². The molecule has 2 rings (SSSR count). The van der Waals surface area contributed by atoms with Gasteiger partial charge in [0.25, 0.3) is 0 Å². The monoisotopic (exact) mass is 216 g/mol. The van der Waals surface area contributed by atoms with E-state index in [1.54, 1.807) is 6.07 Å². The van der Waals surface area contributed by atoms with Crippen LogP contribution in [-0.2, 0) is 5.41 Å². The molecule has 3 nitrogen and oxygen atoms in total. The largest absolute Gasteiger partial charge is 0.343 e. The molecule has 2 aromatic heterocycles. The van der Waals surface area contributed by atoms with Crippen molar-refractivity contribution in [3.8, 4) is 0 Å². The van der Waals surface area contributed by atoms with E-state index in [2.05, 4.69) is 30.7 Å². The van der Waals surface area contributed by atoms with Gasteiger partial charge in [0.2, 0.25) is 0 Å². The van der Waals surface area contributed by atoms with E-state index in [9.17, 15) is 4.79 Å². The standard InChI is InChI=1S/C13H16N2O/c1-8-5-6-9-10(16)7-11(13(2,3)4)15-12(9)14-8/h5-7H,1-4H3,(H,14,15,16). The normalized spacial score (nSPS) is 12.0. The van der Waals surface area contributed by atoms with Crippen LogP contribution in [0, 0.1) is 6.92 Å². The molecule has 2 aromatic rings. The summed E-state index contributed by atoms with van der Waals surface area (Å²) in [5.41, 5.74) is 2.47. The van der Waals surface area contributed by atoms with Gasteiger partial charge in [-0.05, 0) is 19.1 Å². The average Bonchev–Trinajstić information content (AvgIpc) is 2.15. The lowest BCUT2D eigenvalue weighted by atomic mass is 9.91. The fourth-order valence-electron chi connectivity index (χ4n) is 1.63. The summed E-state index contributed by atoms with van der Waals surface area (Å²) in [4.78, 5) is 19.5. The van der Waals surface area contributed by atoms with Crippen LogP contribution in [0.1, 0.15) is 32.2 Å². The zero-order chi connectivity index (χ0) is 11.9. The minimum atomic E-state index is -0.0707. The molecule has 0 aliphatic heterocycles. The first-order valence-electron chi connectivity index (χ1n) is 5.39. The molecule has 0 radical (unpaired) electrons. The van der Waals surface area contributed by atoms with Crippen molar-refractivity contribution in [1.82, 2.24) is 9.97 Å². The van der Waals surface area contributed by atoms with Crippen LogP contribution in [0.4, 0.5) is 0 Å². The van der Waals surface area contributed by atoms with Gasteiger partial charge in [0.1, 0.15) is 5.65 Å². The Balaban J connectivity index is 2.80. The summed E-state index contributed by atoms with van der Waals surface area (Å²) >= 11 is 0. The Morgan fingerprint density at radius 2 is 1.94 bits per heavy atom. The van der Waals surface area contributed by atoms with Gasteiger partial charge in [-0.25, -0.2) is 4.98 Å². The smallest absolute Gasteiger partial charge is 0.191 e. The number of rotatable bonds is 0. The summed E-state index contributed by atoms with van der Waals surface area (Å²) in [6.45, 7) is 8.13. The second-order valence-corrected chi connectivity index (χ2v) is 5.15. The summed E-state index contributed by atoms with van der Waals surface area (Å²) in [6.07, 6.45) is 0. The number of aromatic amines is 1. The first-order valence-corrected chi connectivity index (χ1v) is 5.39. The van der Waals surface area contributed by atoms with Crippen molar-refractivity contribution in [1.29, 1.82) is 0 Å². The Labute approximate surface area is 94.5 Å². The number of aromatic nitrogens is 2. The molecule has 0 fully saturated rings. The Morgan fingerprint density at radius 1 is 1.25 bits per heavy atom. The van der Waals surface area contributed by atoms with Crippen molar-refractivity contribution in [3.05, 3.63) is 39.8 Å². The first-order chi connectivity index (χ1) is 7.38.